The van der Waals surface area contributed by atoms with Gasteiger partial charge in [0.05, 0.1) is 13.3 Å². The Morgan fingerprint density at radius 1 is 1.55 bits per heavy atom. The van der Waals surface area contributed by atoms with Crippen molar-refractivity contribution in [1.82, 2.24) is 14.5 Å². The maximum atomic E-state index is 11.9. The summed E-state index contributed by atoms with van der Waals surface area (Å²) >= 11 is 0. The minimum absolute atomic E-state index is 0.149. The fraction of sp³-hybridized carbons (Fsp3) is 0.500. The SMILES string of the molecule is COC(=O)CC[C@H](NS(=O)(=O)c1cnn(C)c1)C(=O)O. The van der Waals surface area contributed by atoms with Crippen LogP contribution in [0.3, 0.4) is 0 Å². The van der Waals surface area contributed by atoms with Crippen LogP contribution in [0, 0.1) is 0 Å². The largest absolute Gasteiger partial charge is 0.480 e. The highest BCUT2D eigenvalue weighted by atomic mass is 32.2. The first-order chi connectivity index (χ1) is 9.26. The quantitative estimate of drug-likeness (QED) is 0.625. The van der Waals surface area contributed by atoms with Crippen molar-refractivity contribution in [2.45, 2.75) is 23.8 Å². The fourth-order valence-corrected chi connectivity index (χ4v) is 2.60. The first kappa shape index (κ1) is 16.1. The van der Waals surface area contributed by atoms with E-state index in [-0.39, 0.29) is 17.7 Å². The van der Waals surface area contributed by atoms with Crippen molar-refractivity contribution in [3.05, 3.63) is 12.4 Å². The summed E-state index contributed by atoms with van der Waals surface area (Å²) in [5, 5.41) is 12.7. The van der Waals surface area contributed by atoms with E-state index in [1.54, 1.807) is 0 Å². The van der Waals surface area contributed by atoms with E-state index in [0.717, 1.165) is 13.3 Å². The molecule has 1 heterocycles. The zero-order valence-corrected chi connectivity index (χ0v) is 11.8. The fourth-order valence-electron chi connectivity index (χ4n) is 1.39. The lowest BCUT2D eigenvalue weighted by Gasteiger charge is -2.13. The molecular formula is C10H15N3O6S. The van der Waals surface area contributed by atoms with Gasteiger partial charge >= 0.3 is 11.9 Å². The maximum absolute atomic E-state index is 11.9. The van der Waals surface area contributed by atoms with Crippen LogP contribution in [0.25, 0.3) is 0 Å². The molecule has 0 bridgehead atoms. The van der Waals surface area contributed by atoms with Crippen LogP contribution >= 0.6 is 0 Å². The van der Waals surface area contributed by atoms with Gasteiger partial charge in [0.1, 0.15) is 10.9 Å². The standard InChI is InChI=1S/C10H15N3O6S/c1-13-6-7(5-11-13)20(17,18)12-8(10(15)16)3-4-9(14)19-2/h5-6,8,12H,3-4H2,1-2H3,(H,15,16)/t8-/m0/s1. The molecule has 0 fully saturated rings. The van der Waals surface area contributed by atoms with Crippen molar-refractivity contribution >= 4 is 22.0 Å². The third kappa shape index (κ3) is 4.31. The second-order valence-electron chi connectivity index (χ2n) is 3.98. The van der Waals surface area contributed by atoms with Crippen LogP contribution in [0.15, 0.2) is 17.3 Å². The molecule has 0 spiro atoms. The molecule has 0 aliphatic carbocycles. The Balaban J connectivity index is 2.80. The summed E-state index contributed by atoms with van der Waals surface area (Å²) < 4.78 is 31.5. The lowest BCUT2D eigenvalue weighted by Crippen LogP contribution is -2.41. The van der Waals surface area contributed by atoms with Gasteiger partial charge < -0.3 is 9.84 Å². The van der Waals surface area contributed by atoms with E-state index in [1.165, 1.54) is 17.9 Å². The van der Waals surface area contributed by atoms with E-state index in [9.17, 15) is 18.0 Å². The lowest BCUT2D eigenvalue weighted by molar-refractivity contribution is -0.142. The Labute approximate surface area is 115 Å². The van der Waals surface area contributed by atoms with Crippen LogP contribution in [-0.4, -0.2) is 48.4 Å². The van der Waals surface area contributed by atoms with Crippen LogP contribution in [0.5, 0.6) is 0 Å². The third-order valence-corrected chi connectivity index (χ3v) is 3.88. The molecule has 2 N–H and O–H groups in total. The van der Waals surface area contributed by atoms with Crippen molar-refractivity contribution in [3.8, 4) is 0 Å². The molecular weight excluding hydrogens is 290 g/mol. The summed E-state index contributed by atoms with van der Waals surface area (Å²) in [6.07, 6.45) is 1.92. The molecule has 1 rings (SSSR count). The van der Waals surface area contributed by atoms with Gasteiger partial charge in [-0.25, -0.2) is 8.42 Å². The number of nitrogens with zero attached hydrogens (tertiary/aromatic N) is 2. The van der Waals surface area contributed by atoms with E-state index in [4.69, 9.17) is 5.11 Å². The van der Waals surface area contributed by atoms with Gasteiger partial charge in [-0.1, -0.05) is 0 Å². The number of nitrogens with one attached hydrogen (secondary N) is 1. The molecule has 112 valence electrons. The number of hydrogen-bond donors (Lipinski definition) is 2. The zero-order valence-electron chi connectivity index (χ0n) is 10.9. The van der Waals surface area contributed by atoms with Gasteiger partial charge in [-0.05, 0) is 6.42 Å². The number of sulfonamides is 1. The van der Waals surface area contributed by atoms with Crippen molar-refractivity contribution < 1.29 is 27.9 Å². The predicted molar refractivity (Wildman–Crippen MR) is 66.2 cm³/mol. The summed E-state index contributed by atoms with van der Waals surface area (Å²) in [4.78, 5) is 21.8. The van der Waals surface area contributed by atoms with E-state index in [0.29, 0.717) is 0 Å². The maximum Gasteiger partial charge on any atom is 0.321 e. The number of hydrogen-bond acceptors (Lipinski definition) is 6. The summed E-state index contributed by atoms with van der Waals surface area (Å²) in [5.74, 6) is -1.99. The van der Waals surface area contributed by atoms with Crippen LogP contribution in [0.4, 0.5) is 0 Å². The molecule has 20 heavy (non-hydrogen) atoms. The molecule has 0 unspecified atom stereocenters. The highest BCUT2D eigenvalue weighted by molar-refractivity contribution is 7.89. The van der Waals surface area contributed by atoms with Gasteiger partial charge in [0.25, 0.3) is 0 Å². The van der Waals surface area contributed by atoms with Crippen LogP contribution < -0.4 is 4.72 Å². The number of esters is 1. The van der Waals surface area contributed by atoms with Gasteiger partial charge in [0.2, 0.25) is 10.0 Å². The van der Waals surface area contributed by atoms with E-state index in [1.807, 2.05) is 4.72 Å². The second-order valence-corrected chi connectivity index (χ2v) is 5.69. The molecule has 0 saturated heterocycles. The van der Waals surface area contributed by atoms with E-state index >= 15 is 0 Å². The average Bonchev–Trinajstić information content (AvgIpc) is 2.81. The van der Waals surface area contributed by atoms with Gasteiger partial charge in [0.15, 0.2) is 0 Å². The Morgan fingerprint density at radius 2 is 2.20 bits per heavy atom. The first-order valence-electron chi connectivity index (χ1n) is 5.57. The minimum Gasteiger partial charge on any atom is -0.480 e. The molecule has 0 aromatic carbocycles. The number of ether oxygens (including phenoxy) is 1. The molecule has 1 aromatic heterocycles. The molecule has 0 radical (unpaired) electrons. The van der Waals surface area contributed by atoms with Gasteiger partial charge in [-0.3, -0.25) is 14.3 Å². The number of aryl methyl sites for hydroxylation is 1. The molecule has 9 nitrogen and oxygen atoms in total. The normalized spacial score (nSPS) is 12.9. The third-order valence-electron chi connectivity index (χ3n) is 2.45. The molecule has 0 aliphatic rings. The van der Waals surface area contributed by atoms with E-state index < -0.39 is 28.0 Å². The summed E-state index contributed by atoms with van der Waals surface area (Å²) in [6.45, 7) is 0. The Morgan fingerprint density at radius 3 is 2.65 bits per heavy atom. The molecule has 0 amide bonds. The summed E-state index contributed by atoms with van der Waals surface area (Å²) in [7, 11) is -1.31. The number of aliphatic carboxylic acids is 1. The Bertz CT molecular complexity index is 594. The number of carboxylic acids is 1. The predicted octanol–water partition coefficient (Wildman–Crippen LogP) is -0.895. The molecule has 1 atom stereocenters. The van der Waals surface area contributed by atoms with Crippen molar-refractivity contribution in [1.29, 1.82) is 0 Å². The number of carbonyl (C=O) groups excluding carboxylic acids is 1. The molecule has 0 saturated carbocycles. The van der Waals surface area contributed by atoms with Crippen LogP contribution in [-0.2, 0) is 31.4 Å². The van der Waals surface area contributed by atoms with Gasteiger partial charge in [-0.15, -0.1) is 0 Å². The highest BCUT2D eigenvalue weighted by Crippen LogP contribution is 2.09. The van der Waals surface area contributed by atoms with Crippen molar-refractivity contribution in [3.63, 3.8) is 0 Å². The average molecular weight is 305 g/mol. The summed E-state index contributed by atoms with van der Waals surface area (Å²) in [5.41, 5.74) is 0. The summed E-state index contributed by atoms with van der Waals surface area (Å²) in [6, 6.07) is -1.42. The molecule has 10 heteroatoms. The highest BCUT2D eigenvalue weighted by Gasteiger charge is 2.26. The molecule has 1 aromatic rings. The smallest absolute Gasteiger partial charge is 0.321 e. The van der Waals surface area contributed by atoms with Crippen molar-refractivity contribution in [2.24, 2.45) is 7.05 Å². The minimum atomic E-state index is -4.00. The Hall–Kier alpha value is -1.94. The number of carbonyl (C=O) groups is 2. The van der Waals surface area contributed by atoms with Gasteiger partial charge in [-0.2, -0.15) is 9.82 Å². The number of rotatable bonds is 7. The lowest BCUT2D eigenvalue weighted by atomic mass is 10.2. The second kappa shape index (κ2) is 6.48. The Kier molecular flexibility index (Phi) is 5.22. The number of carboxylic acid groups (broad SMARTS) is 1. The monoisotopic (exact) mass is 305 g/mol. The van der Waals surface area contributed by atoms with Crippen LogP contribution in [0.1, 0.15) is 12.8 Å². The zero-order chi connectivity index (χ0) is 15.3. The topological polar surface area (TPSA) is 128 Å². The number of methoxy groups -OCH3 is 1. The molecule has 0 aliphatic heterocycles. The number of aromatic nitrogens is 2. The van der Waals surface area contributed by atoms with Gasteiger partial charge in [0, 0.05) is 19.7 Å². The van der Waals surface area contributed by atoms with Crippen LogP contribution in [0.2, 0.25) is 0 Å². The van der Waals surface area contributed by atoms with E-state index in [2.05, 4.69) is 9.84 Å². The first-order valence-corrected chi connectivity index (χ1v) is 7.05. The van der Waals surface area contributed by atoms with Crippen molar-refractivity contribution in [2.75, 3.05) is 7.11 Å².